The Hall–Kier alpha value is -2.64. The molecule has 2 aliphatic rings. The first-order valence-electron chi connectivity index (χ1n) is 10.9. The second-order valence-electron chi connectivity index (χ2n) is 7.37. The molecule has 2 aromatic rings. The maximum atomic E-state index is 14.7. The van der Waals surface area contributed by atoms with Crippen molar-refractivity contribution in [3.8, 4) is 0 Å². The number of anilines is 2. The number of hydrogen-bond acceptors (Lipinski definition) is 5. The van der Waals surface area contributed by atoms with Crippen molar-refractivity contribution in [2.24, 2.45) is 4.99 Å². The number of halogens is 2. The lowest BCUT2D eigenvalue weighted by Gasteiger charge is -2.29. The van der Waals surface area contributed by atoms with E-state index in [2.05, 4.69) is 4.99 Å². The summed E-state index contributed by atoms with van der Waals surface area (Å²) in [7, 11) is 0. The molecule has 0 spiro atoms. The molecule has 0 radical (unpaired) electrons. The van der Waals surface area contributed by atoms with Gasteiger partial charge in [-0.15, -0.1) is 0 Å². The average molecular weight is 462 g/mol. The zero-order chi connectivity index (χ0) is 23.1. The molecule has 172 valence electrons. The van der Waals surface area contributed by atoms with E-state index in [9.17, 15) is 9.18 Å². The third-order valence-electron chi connectivity index (χ3n) is 5.16. The molecule has 2 aromatic carbocycles. The second kappa shape index (κ2) is 11.3. The van der Waals surface area contributed by atoms with Gasteiger partial charge in [0.15, 0.2) is 0 Å². The van der Waals surface area contributed by atoms with Gasteiger partial charge in [0.25, 0.3) is 0 Å². The van der Waals surface area contributed by atoms with Crippen molar-refractivity contribution in [2.45, 2.75) is 26.9 Å². The molecule has 6 nitrogen and oxygen atoms in total. The number of aryl methyl sites for hydroxylation is 1. The molecule has 0 aromatic heterocycles. The normalized spacial score (nSPS) is 18.5. The minimum Gasteiger partial charge on any atom is -0.442 e. The van der Waals surface area contributed by atoms with Crippen LogP contribution in [0.5, 0.6) is 0 Å². The van der Waals surface area contributed by atoms with Gasteiger partial charge < -0.3 is 14.4 Å². The predicted octanol–water partition coefficient (Wildman–Crippen LogP) is 5.09. The maximum absolute atomic E-state index is 14.7. The van der Waals surface area contributed by atoms with Crippen molar-refractivity contribution < 1.29 is 18.7 Å². The molecule has 0 aliphatic carbocycles. The number of carbonyl (C=O) groups excluding carboxylic acids is 1. The van der Waals surface area contributed by atoms with Crippen LogP contribution in [0.1, 0.15) is 25.0 Å². The monoisotopic (exact) mass is 461 g/mol. The minimum atomic E-state index is -0.498. The lowest BCUT2D eigenvalue weighted by Crippen LogP contribution is -2.36. The third kappa shape index (κ3) is 5.78. The minimum absolute atomic E-state index is 0.306. The number of nitrogens with zero attached hydrogens (tertiary/aromatic N) is 3. The van der Waals surface area contributed by atoms with E-state index in [1.807, 2.05) is 43.9 Å². The molecule has 8 heteroatoms. The van der Waals surface area contributed by atoms with Gasteiger partial charge in [-0.1, -0.05) is 37.6 Å². The topological polar surface area (TPSA) is 54.4 Å². The van der Waals surface area contributed by atoms with Gasteiger partial charge in [-0.05, 0) is 36.8 Å². The first-order valence-corrected chi connectivity index (χ1v) is 11.3. The highest BCUT2D eigenvalue weighted by molar-refractivity contribution is 6.33. The number of hydrogen-bond donors (Lipinski definition) is 0. The molecule has 2 saturated heterocycles. The largest absolute Gasteiger partial charge is 0.442 e. The number of amides is 1. The van der Waals surface area contributed by atoms with Crippen molar-refractivity contribution >= 4 is 35.3 Å². The zero-order valence-electron chi connectivity index (χ0n) is 18.7. The van der Waals surface area contributed by atoms with Gasteiger partial charge >= 0.3 is 6.09 Å². The van der Waals surface area contributed by atoms with E-state index in [1.165, 1.54) is 11.0 Å². The van der Waals surface area contributed by atoms with E-state index >= 15 is 0 Å². The fourth-order valence-electron chi connectivity index (χ4n) is 3.56. The van der Waals surface area contributed by atoms with Gasteiger partial charge in [-0.25, -0.2) is 9.18 Å². The van der Waals surface area contributed by atoms with Crippen molar-refractivity contribution in [1.29, 1.82) is 0 Å². The van der Waals surface area contributed by atoms with Crippen LogP contribution < -0.4 is 9.80 Å². The van der Waals surface area contributed by atoms with E-state index in [0.29, 0.717) is 55.8 Å². The molecule has 0 bridgehead atoms. The smallest absolute Gasteiger partial charge is 0.414 e. The van der Waals surface area contributed by atoms with Crippen LogP contribution in [0, 0.1) is 12.7 Å². The van der Waals surface area contributed by atoms with Crippen LogP contribution >= 0.6 is 11.6 Å². The predicted molar refractivity (Wildman–Crippen MR) is 127 cm³/mol. The molecule has 1 amide bonds. The molecule has 0 saturated carbocycles. The summed E-state index contributed by atoms with van der Waals surface area (Å²) in [5.41, 5.74) is 2.88. The lowest BCUT2D eigenvalue weighted by molar-refractivity contribution is 0.122. The standard InChI is InChI=1S/C22H23ClFN3O3.C2H6/c1-15-2-3-16(19(23)10-15)12-25-13-18-14-27(22(28)30-18)17-4-5-21(20(24)11-17)26-6-8-29-9-7-26;1-2/h2-5,10-12,18H,6-9,13-14H2,1H3;1-2H3. The number of morpholine rings is 1. The van der Waals surface area contributed by atoms with Crippen molar-refractivity contribution in [2.75, 3.05) is 49.2 Å². The van der Waals surface area contributed by atoms with Crippen molar-refractivity contribution in [3.63, 3.8) is 0 Å². The van der Waals surface area contributed by atoms with E-state index in [-0.39, 0.29) is 5.82 Å². The second-order valence-corrected chi connectivity index (χ2v) is 7.78. The summed E-state index contributed by atoms with van der Waals surface area (Å²) in [6.07, 6.45) is 0.775. The first kappa shape index (κ1) is 24.0. The SMILES string of the molecule is CC.Cc1ccc(C=NCC2CN(c3ccc(N4CCOCC4)c(F)c3)C(=O)O2)c(Cl)c1. The zero-order valence-corrected chi connectivity index (χ0v) is 19.4. The average Bonchev–Trinajstić information content (AvgIpc) is 3.17. The van der Waals surface area contributed by atoms with E-state index in [1.54, 1.807) is 18.3 Å². The molecule has 4 rings (SSSR count). The summed E-state index contributed by atoms with van der Waals surface area (Å²) in [4.78, 5) is 20.0. The summed E-state index contributed by atoms with van der Waals surface area (Å²) >= 11 is 6.20. The highest BCUT2D eigenvalue weighted by Crippen LogP contribution is 2.28. The van der Waals surface area contributed by atoms with Crippen LogP contribution in [0.4, 0.5) is 20.6 Å². The Labute approximate surface area is 193 Å². The quantitative estimate of drug-likeness (QED) is 0.582. The van der Waals surface area contributed by atoms with Gasteiger partial charge in [0.2, 0.25) is 0 Å². The number of ether oxygens (including phenoxy) is 2. The van der Waals surface area contributed by atoms with Crippen molar-refractivity contribution in [3.05, 3.63) is 58.4 Å². The summed E-state index contributed by atoms with van der Waals surface area (Å²) in [5, 5.41) is 0.625. The molecule has 2 fully saturated rings. The van der Waals surface area contributed by atoms with Crippen LogP contribution in [0.15, 0.2) is 41.4 Å². The number of carbonyl (C=O) groups is 1. The van der Waals surface area contributed by atoms with Crippen LogP contribution in [-0.4, -0.2) is 57.8 Å². The van der Waals surface area contributed by atoms with Gasteiger partial charge in [-0.3, -0.25) is 9.89 Å². The Morgan fingerprint density at radius 3 is 2.62 bits per heavy atom. The molecule has 2 heterocycles. The Kier molecular flexibility index (Phi) is 8.47. The Morgan fingerprint density at radius 1 is 1.19 bits per heavy atom. The fourth-order valence-corrected chi connectivity index (χ4v) is 3.84. The molecule has 1 unspecified atom stereocenters. The Bertz CT molecular complexity index is 964. The van der Waals surface area contributed by atoms with Crippen molar-refractivity contribution in [1.82, 2.24) is 0 Å². The van der Waals surface area contributed by atoms with E-state index in [0.717, 1.165) is 11.1 Å². The van der Waals surface area contributed by atoms with Gasteiger partial charge in [0.05, 0.1) is 37.7 Å². The highest BCUT2D eigenvalue weighted by Gasteiger charge is 2.32. The number of aliphatic imine (C=N–C) groups is 1. The number of cyclic esters (lactones) is 1. The molecule has 2 aliphatic heterocycles. The summed E-state index contributed by atoms with van der Waals surface area (Å²) in [6.45, 7) is 9.04. The maximum Gasteiger partial charge on any atom is 0.414 e. The van der Waals surface area contributed by atoms with Gasteiger partial charge in [0.1, 0.15) is 11.9 Å². The lowest BCUT2D eigenvalue weighted by atomic mass is 10.2. The first-order chi connectivity index (χ1) is 15.5. The van der Waals surface area contributed by atoms with Crippen LogP contribution in [-0.2, 0) is 9.47 Å². The van der Waals surface area contributed by atoms with E-state index in [4.69, 9.17) is 21.1 Å². The number of benzene rings is 2. The fraction of sp³-hybridized carbons (Fsp3) is 0.417. The van der Waals surface area contributed by atoms with Gasteiger partial charge in [-0.2, -0.15) is 0 Å². The molecular formula is C24H29ClFN3O3. The molecule has 1 atom stereocenters. The summed E-state index contributed by atoms with van der Waals surface area (Å²) in [5.74, 6) is -0.363. The van der Waals surface area contributed by atoms with Crippen LogP contribution in [0.25, 0.3) is 0 Å². The van der Waals surface area contributed by atoms with Crippen LogP contribution in [0.2, 0.25) is 5.02 Å². The van der Waals surface area contributed by atoms with Crippen LogP contribution in [0.3, 0.4) is 0 Å². The highest BCUT2D eigenvalue weighted by atomic mass is 35.5. The van der Waals surface area contributed by atoms with E-state index < -0.39 is 12.2 Å². The number of rotatable bonds is 5. The molecule has 32 heavy (non-hydrogen) atoms. The summed E-state index contributed by atoms with van der Waals surface area (Å²) < 4.78 is 25.4. The Morgan fingerprint density at radius 2 is 1.94 bits per heavy atom. The Balaban J connectivity index is 0.00000141. The van der Waals surface area contributed by atoms with Gasteiger partial charge in [0, 0.05) is 29.9 Å². The molecule has 0 N–H and O–H groups in total. The third-order valence-corrected chi connectivity index (χ3v) is 5.49. The summed E-state index contributed by atoms with van der Waals surface area (Å²) in [6, 6.07) is 10.5. The molecular weight excluding hydrogens is 433 g/mol.